The minimum Gasteiger partial charge on any atom is -0.381 e. The summed E-state index contributed by atoms with van der Waals surface area (Å²) in [5, 5.41) is 4.21. The van der Waals surface area contributed by atoms with Crippen molar-refractivity contribution in [2.24, 2.45) is 5.92 Å². The lowest BCUT2D eigenvalue weighted by molar-refractivity contribution is 0.0613. The topological polar surface area (TPSA) is 85.2 Å². The van der Waals surface area contributed by atoms with E-state index >= 15 is 0 Å². The number of nitrogens with zero attached hydrogens (tertiary/aromatic N) is 5. The van der Waals surface area contributed by atoms with E-state index in [1.54, 1.807) is 0 Å². The molecule has 45 heavy (non-hydrogen) atoms. The number of aryl methyl sites for hydroxylation is 1. The van der Waals surface area contributed by atoms with Gasteiger partial charge in [0.05, 0.1) is 5.69 Å². The molecule has 0 amide bonds. The number of nitrogens with one attached hydrogen (secondary N) is 1. The molecule has 0 aliphatic carbocycles. The van der Waals surface area contributed by atoms with Crippen LogP contribution in [-0.2, 0) is 11.3 Å². The van der Waals surface area contributed by atoms with Crippen molar-refractivity contribution in [1.29, 1.82) is 0 Å². The van der Waals surface area contributed by atoms with Crippen molar-refractivity contribution < 1.29 is 4.74 Å². The van der Waals surface area contributed by atoms with Crippen LogP contribution in [0.3, 0.4) is 0 Å². The molecule has 0 spiro atoms. The Labute approximate surface area is 264 Å². The van der Waals surface area contributed by atoms with E-state index in [1.165, 1.54) is 18.4 Å². The van der Waals surface area contributed by atoms with E-state index < -0.39 is 0 Å². The van der Waals surface area contributed by atoms with Crippen molar-refractivity contribution in [3.63, 3.8) is 0 Å². The van der Waals surface area contributed by atoms with Crippen LogP contribution in [0, 0.1) is 12.8 Å². The molecule has 2 aliphatic rings. The van der Waals surface area contributed by atoms with Gasteiger partial charge in [-0.1, -0.05) is 48.5 Å². The van der Waals surface area contributed by atoms with Crippen LogP contribution in [0.5, 0.6) is 0 Å². The first kappa shape index (κ1) is 29.3. The Morgan fingerprint density at radius 3 is 2.38 bits per heavy atom. The summed E-state index contributed by atoms with van der Waals surface area (Å²) in [4.78, 5) is 31.1. The number of aromatic nitrogens is 4. The van der Waals surface area contributed by atoms with Crippen LogP contribution in [0.2, 0.25) is 0 Å². The maximum Gasteiger partial charge on any atom is 0.260 e. The van der Waals surface area contributed by atoms with Crippen molar-refractivity contribution in [3.05, 3.63) is 101 Å². The van der Waals surface area contributed by atoms with Gasteiger partial charge in [-0.25, -0.2) is 4.98 Å². The van der Waals surface area contributed by atoms with Gasteiger partial charge in [-0.3, -0.25) is 14.3 Å². The molecule has 8 nitrogen and oxygen atoms in total. The number of piperidine rings is 1. The number of anilines is 2. The van der Waals surface area contributed by atoms with Gasteiger partial charge in [0.15, 0.2) is 0 Å². The van der Waals surface area contributed by atoms with Gasteiger partial charge >= 0.3 is 0 Å². The zero-order valence-corrected chi connectivity index (χ0v) is 26.1. The molecule has 2 fully saturated rings. The van der Waals surface area contributed by atoms with Crippen LogP contribution in [0.1, 0.15) is 42.9 Å². The SMILES string of the molecule is Cc1nc(-c2ccccc2)ccc1-c1cc2cnc(Nc3ccc(C4CCN(C)CC4)cc3)nc2n(CC2CCOCC2)c1=O. The fourth-order valence-corrected chi connectivity index (χ4v) is 6.69. The molecule has 2 saturated heterocycles. The summed E-state index contributed by atoms with van der Waals surface area (Å²) in [7, 11) is 2.19. The third kappa shape index (κ3) is 6.39. The highest BCUT2D eigenvalue weighted by molar-refractivity contribution is 5.82. The molecule has 1 N–H and O–H groups in total. The molecule has 0 atom stereocenters. The summed E-state index contributed by atoms with van der Waals surface area (Å²) < 4.78 is 7.46. The molecular weight excluding hydrogens is 560 g/mol. The van der Waals surface area contributed by atoms with Gasteiger partial charge in [0.25, 0.3) is 5.56 Å². The predicted octanol–water partition coefficient (Wildman–Crippen LogP) is 6.81. The van der Waals surface area contributed by atoms with E-state index in [4.69, 9.17) is 14.7 Å². The molecule has 2 aliphatic heterocycles. The molecule has 5 aromatic rings. The second-order valence-electron chi connectivity index (χ2n) is 12.5. The van der Waals surface area contributed by atoms with Crippen molar-refractivity contribution in [1.82, 2.24) is 24.4 Å². The van der Waals surface area contributed by atoms with E-state index in [0.29, 0.717) is 35.5 Å². The molecule has 0 unspecified atom stereocenters. The summed E-state index contributed by atoms with van der Waals surface area (Å²) in [5.74, 6) is 1.43. The third-order valence-electron chi connectivity index (χ3n) is 9.41. The van der Waals surface area contributed by atoms with Gasteiger partial charge in [0.1, 0.15) is 5.65 Å². The largest absolute Gasteiger partial charge is 0.381 e. The third-order valence-corrected chi connectivity index (χ3v) is 9.41. The first-order chi connectivity index (χ1) is 22.0. The lowest BCUT2D eigenvalue weighted by Crippen LogP contribution is -2.29. The van der Waals surface area contributed by atoms with E-state index in [0.717, 1.165) is 72.7 Å². The van der Waals surface area contributed by atoms with Crippen LogP contribution in [0.4, 0.5) is 11.6 Å². The zero-order valence-electron chi connectivity index (χ0n) is 26.1. The van der Waals surface area contributed by atoms with Gasteiger partial charge in [-0.15, -0.1) is 0 Å². The molecule has 0 saturated carbocycles. The first-order valence-electron chi connectivity index (χ1n) is 16.1. The molecule has 0 bridgehead atoms. The summed E-state index contributed by atoms with van der Waals surface area (Å²) >= 11 is 0. The maximum atomic E-state index is 14.3. The van der Waals surface area contributed by atoms with Gasteiger partial charge in [0, 0.05) is 59.4 Å². The Kier molecular flexibility index (Phi) is 8.41. The number of likely N-dealkylation sites (tertiary alicyclic amines) is 1. The molecule has 8 heteroatoms. The minimum absolute atomic E-state index is 0.0570. The quantitative estimate of drug-likeness (QED) is 0.220. The smallest absolute Gasteiger partial charge is 0.260 e. The number of benzene rings is 2. The summed E-state index contributed by atoms with van der Waals surface area (Å²) in [6.07, 6.45) is 6.05. The average Bonchev–Trinajstić information content (AvgIpc) is 3.08. The summed E-state index contributed by atoms with van der Waals surface area (Å²) in [6, 6.07) is 24.7. The highest BCUT2D eigenvalue weighted by atomic mass is 16.5. The van der Waals surface area contributed by atoms with Crippen LogP contribution < -0.4 is 10.9 Å². The molecule has 3 aromatic heterocycles. The number of hydrogen-bond donors (Lipinski definition) is 1. The highest BCUT2D eigenvalue weighted by Gasteiger charge is 2.21. The molecule has 230 valence electrons. The van der Waals surface area contributed by atoms with Crippen LogP contribution in [0.15, 0.2) is 83.8 Å². The van der Waals surface area contributed by atoms with Gasteiger partial charge in [-0.05, 0) is 94.4 Å². The van der Waals surface area contributed by atoms with Gasteiger partial charge in [0.2, 0.25) is 5.95 Å². The molecule has 5 heterocycles. The van der Waals surface area contributed by atoms with Gasteiger partial charge in [-0.2, -0.15) is 4.98 Å². The highest BCUT2D eigenvalue weighted by Crippen LogP contribution is 2.30. The number of hydrogen-bond acceptors (Lipinski definition) is 7. The van der Waals surface area contributed by atoms with Crippen molar-refractivity contribution in [2.75, 3.05) is 38.7 Å². The van der Waals surface area contributed by atoms with E-state index in [1.807, 2.05) is 66.2 Å². The molecule has 2 aromatic carbocycles. The lowest BCUT2D eigenvalue weighted by Gasteiger charge is -2.29. The van der Waals surface area contributed by atoms with E-state index in [2.05, 4.69) is 46.5 Å². The molecule has 0 radical (unpaired) electrons. The number of fused-ring (bicyclic) bond motifs is 1. The summed E-state index contributed by atoms with van der Waals surface area (Å²) in [6.45, 7) is 6.27. The van der Waals surface area contributed by atoms with Crippen LogP contribution >= 0.6 is 0 Å². The second-order valence-corrected chi connectivity index (χ2v) is 12.5. The van der Waals surface area contributed by atoms with E-state index in [-0.39, 0.29) is 5.56 Å². The Bertz CT molecular complexity index is 1840. The number of pyridine rings is 2. The first-order valence-corrected chi connectivity index (χ1v) is 16.1. The van der Waals surface area contributed by atoms with Crippen LogP contribution in [-0.4, -0.2) is 57.8 Å². The van der Waals surface area contributed by atoms with Gasteiger partial charge < -0.3 is 15.0 Å². The molecule has 7 rings (SSSR count). The zero-order chi connectivity index (χ0) is 30.8. The minimum atomic E-state index is -0.0570. The van der Waals surface area contributed by atoms with E-state index in [9.17, 15) is 4.79 Å². The number of rotatable bonds is 7. The Morgan fingerprint density at radius 1 is 0.889 bits per heavy atom. The maximum absolute atomic E-state index is 14.3. The second kappa shape index (κ2) is 12.9. The average molecular weight is 601 g/mol. The van der Waals surface area contributed by atoms with Crippen molar-refractivity contribution in [2.45, 2.75) is 45.1 Å². The standard InChI is InChI=1S/C37H40N6O2/c1-25-32(12-13-34(39-25)29-6-4-3-5-7-29)33-22-30-23-38-37(41-35(30)43(36(33)44)24-26-16-20-45-21-17-26)40-31-10-8-27(9-11-31)28-14-18-42(2)19-15-28/h3-13,22-23,26,28H,14-21,24H2,1-2H3,(H,38,40,41). The molecular formula is C37H40N6O2. The number of ether oxygens (including phenoxy) is 1. The normalized spacial score (nSPS) is 16.7. The summed E-state index contributed by atoms with van der Waals surface area (Å²) in [5.41, 5.74) is 7.09. The fraction of sp³-hybridized carbons (Fsp3) is 0.351. The fourth-order valence-electron chi connectivity index (χ4n) is 6.69. The Balaban J connectivity index is 1.22. The lowest BCUT2D eigenvalue weighted by atomic mass is 9.89. The monoisotopic (exact) mass is 600 g/mol. The van der Waals surface area contributed by atoms with Crippen LogP contribution in [0.25, 0.3) is 33.4 Å². The van der Waals surface area contributed by atoms with Crippen molar-refractivity contribution in [3.8, 4) is 22.4 Å². The predicted molar refractivity (Wildman–Crippen MR) is 180 cm³/mol. The van der Waals surface area contributed by atoms with Crippen molar-refractivity contribution >= 4 is 22.7 Å². The Morgan fingerprint density at radius 2 is 1.64 bits per heavy atom. The Hall–Kier alpha value is -4.40.